The Morgan fingerprint density at radius 1 is 1.25 bits per heavy atom. The maximum Gasteiger partial charge on any atom is 0.252 e. The van der Waals surface area contributed by atoms with Crippen LogP contribution < -0.4 is 5.32 Å². The molecule has 0 saturated carbocycles. The highest BCUT2D eigenvalue weighted by molar-refractivity contribution is 6.35. The van der Waals surface area contributed by atoms with Gasteiger partial charge in [0.05, 0.1) is 10.6 Å². The first kappa shape index (κ1) is 13.6. The Balaban J connectivity index is 2.55. The summed E-state index contributed by atoms with van der Waals surface area (Å²) in [4.78, 5) is 11.7. The van der Waals surface area contributed by atoms with Crippen LogP contribution in [0.4, 0.5) is 0 Å². The van der Waals surface area contributed by atoms with Crippen LogP contribution in [0.2, 0.25) is 10.0 Å². The molecule has 0 unspecified atom stereocenters. The zero-order chi connectivity index (χ0) is 12.0. The number of benzene rings is 1. The third kappa shape index (κ3) is 4.20. The first-order valence-corrected chi connectivity index (χ1v) is 6.23. The van der Waals surface area contributed by atoms with E-state index in [1.165, 1.54) is 0 Å². The fraction of sp³-hybridized carbons (Fsp3) is 0.364. The Morgan fingerprint density at radius 3 is 2.69 bits per heavy atom. The van der Waals surface area contributed by atoms with Crippen molar-refractivity contribution in [1.82, 2.24) is 5.32 Å². The van der Waals surface area contributed by atoms with E-state index < -0.39 is 0 Å². The number of halogens is 3. The largest absolute Gasteiger partial charge is 0.352 e. The Kier molecular flexibility index (Phi) is 5.96. The Hall–Kier alpha value is -0.440. The third-order valence-corrected chi connectivity index (χ3v) is 2.85. The van der Waals surface area contributed by atoms with E-state index in [2.05, 4.69) is 5.32 Å². The zero-order valence-corrected chi connectivity index (χ0v) is 10.9. The maximum absolute atomic E-state index is 11.7. The summed E-state index contributed by atoms with van der Waals surface area (Å²) in [6.45, 7) is 0.592. The topological polar surface area (TPSA) is 29.1 Å². The number of carbonyl (C=O) groups is 1. The zero-order valence-electron chi connectivity index (χ0n) is 8.60. The predicted octanol–water partition coefficient (Wildman–Crippen LogP) is 3.74. The van der Waals surface area contributed by atoms with E-state index in [1.807, 2.05) is 0 Å². The second-order valence-electron chi connectivity index (χ2n) is 3.28. The van der Waals surface area contributed by atoms with Gasteiger partial charge in [0.25, 0.3) is 5.91 Å². The van der Waals surface area contributed by atoms with Gasteiger partial charge in [-0.15, -0.1) is 11.6 Å². The summed E-state index contributed by atoms with van der Waals surface area (Å²) in [6, 6.07) is 4.81. The van der Waals surface area contributed by atoms with Crippen molar-refractivity contribution in [2.45, 2.75) is 12.8 Å². The lowest BCUT2D eigenvalue weighted by Gasteiger charge is -2.06. The SMILES string of the molecule is O=C(NCCCCCl)c1cc(Cl)ccc1Cl. The van der Waals surface area contributed by atoms with Gasteiger partial charge in [-0.1, -0.05) is 23.2 Å². The highest BCUT2D eigenvalue weighted by Crippen LogP contribution is 2.20. The molecule has 0 spiro atoms. The van der Waals surface area contributed by atoms with Crippen LogP contribution in [0.25, 0.3) is 0 Å². The number of rotatable bonds is 5. The molecule has 1 aromatic rings. The molecule has 2 nitrogen and oxygen atoms in total. The molecule has 1 aromatic carbocycles. The molecule has 0 saturated heterocycles. The number of hydrogen-bond acceptors (Lipinski definition) is 1. The van der Waals surface area contributed by atoms with Gasteiger partial charge in [-0.05, 0) is 31.0 Å². The molecule has 1 amide bonds. The number of unbranched alkanes of at least 4 members (excludes halogenated alkanes) is 1. The maximum atomic E-state index is 11.7. The molecule has 0 aliphatic rings. The number of amides is 1. The quantitative estimate of drug-likeness (QED) is 0.646. The average Bonchev–Trinajstić information content (AvgIpc) is 2.27. The van der Waals surface area contributed by atoms with Crippen LogP contribution in [0.5, 0.6) is 0 Å². The molecule has 0 aliphatic heterocycles. The highest BCUT2D eigenvalue weighted by atomic mass is 35.5. The van der Waals surface area contributed by atoms with Crippen molar-refractivity contribution < 1.29 is 4.79 Å². The van der Waals surface area contributed by atoms with Gasteiger partial charge in [0.15, 0.2) is 0 Å². The van der Waals surface area contributed by atoms with Crippen LogP contribution in [0.3, 0.4) is 0 Å². The van der Waals surface area contributed by atoms with Crippen molar-refractivity contribution in [3.8, 4) is 0 Å². The molecular weight excluding hydrogens is 268 g/mol. The van der Waals surface area contributed by atoms with Gasteiger partial charge in [-0.3, -0.25) is 4.79 Å². The molecule has 88 valence electrons. The summed E-state index contributed by atoms with van der Waals surface area (Å²) in [6.07, 6.45) is 1.73. The van der Waals surface area contributed by atoms with Crippen LogP contribution in [0, 0.1) is 0 Å². The van der Waals surface area contributed by atoms with Gasteiger partial charge in [-0.25, -0.2) is 0 Å². The van der Waals surface area contributed by atoms with Crippen LogP contribution in [-0.4, -0.2) is 18.3 Å². The van der Waals surface area contributed by atoms with Crippen molar-refractivity contribution in [1.29, 1.82) is 0 Å². The number of hydrogen-bond donors (Lipinski definition) is 1. The molecule has 0 fully saturated rings. The van der Waals surface area contributed by atoms with Gasteiger partial charge in [0.2, 0.25) is 0 Å². The predicted molar refractivity (Wildman–Crippen MR) is 68.7 cm³/mol. The van der Waals surface area contributed by atoms with Crippen LogP contribution in [0.15, 0.2) is 18.2 Å². The van der Waals surface area contributed by atoms with Gasteiger partial charge in [0, 0.05) is 17.4 Å². The van der Waals surface area contributed by atoms with Crippen molar-refractivity contribution in [3.63, 3.8) is 0 Å². The molecule has 5 heteroatoms. The molecule has 1 N–H and O–H groups in total. The van der Waals surface area contributed by atoms with E-state index in [0.29, 0.717) is 28.0 Å². The van der Waals surface area contributed by atoms with Crippen LogP contribution >= 0.6 is 34.8 Å². The Bertz CT molecular complexity index is 368. The minimum Gasteiger partial charge on any atom is -0.352 e. The van der Waals surface area contributed by atoms with E-state index >= 15 is 0 Å². The van der Waals surface area contributed by atoms with Gasteiger partial charge in [0.1, 0.15) is 0 Å². The number of alkyl halides is 1. The second kappa shape index (κ2) is 7.00. The van der Waals surface area contributed by atoms with Crippen molar-refractivity contribution in [2.75, 3.05) is 12.4 Å². The molecular formula is C11H12Cl3NO. The molecule has 0 atom stereocenters. The summed E-state index contributed by atoms with van der Waals surface area (Å²) in [5.41, 5.74) is 0.403. The van der Waals surface area contributed by atoms with Crippen molar-refractivity contribution in [3.05, 3.63) is 33.8 Å². The van der Waals surface area contributed by atoms with E-state index in [4.69, 9.17) is 34.8 Å². The van der Waals surface area contributed by atoms with Crippen molar-refractivity contribution in [2.24, 2.45) is 0 Å². The monoisotopic (exact) mass is 279 g/mol. The van der Waals surface area contributed by atoms with E-state index in [1.54, 1.807) is 18.2 Å². The summed E-state index contributed by atoms with van der Waals surface area (Å²) in [5, 5.41) is 3.66. The Morgan fingerprint density at radius 2 is 2.00 bits per heavy atom. The lowest BCUT2D eigenvalue weighted by Crippen LogP contribution is -2.24. The Labute approximate surface area is 110 Å². The first-order valence-electron chi connectivity index (χ1n) is 4.94. The standard InChI is InChI=1S/C11H12Cl3NO/c12-5-1-2-6-15-11(16)9-7-8(13)3-4-10(9)14/h3-4,7H,1-2,5-6H2,(H,15,16). The number of nitrogens with one attached hydrogen (secondary N) is 1. The molecule has 1 rings (SSSR count). The number of carbonyl (C=O) groups excluding carboxylic acids is 1. The van der Waals surface area contributed by atoms with Crippen LogP contribution in [-0.2, 0) is 0 Å². The fourth-order valence-electron chi connectivity index (χ4n) is 1.19. The lowest BCUT2D eigenvalue weighted by atomic mass is 10.2. The van der Waals surface area contributed by atoms with Gasteiger partial charge in [-0.2, -0.15) is 0 Å². The van der Waals surface area contributed by atoms with Gasteiger partial charge < -0.3 is 5.32 Å². The molecule has 0 aromatic heterocycles. The summed E-state index contributed by atoms with van der Waals surface area (Å²) < 4.78 is 0. The second-order valence-corrected chi connectivity index (χ2v) is 4.50. The highest BCUT2D eigenvalue weighted by Gasteiger charge is 2.09. The van der Waals surface area contributed by atoms with E-state index in [9.17, 15) is 4.79 Å². The molecule has 0 bridgehead atoms. The summed E-state index contributed by atoms with van der Waals surface area (Å²) in [5.74, 6) is 0.399. The van der Waals surface area contributed by atoms with Gasteiger partial charge >= 0.3 is 0 Å². The molecule has 0 heterocycles. The smallest absolute Gasteiger partial charge is 0.252 e. The lowest BCUT2D eigenvalue weighted by molar-refractivity contribution is 0.0953. The molecule has 16 heavy (non-hydrogen) atoms. The normalized spacial score (nSPS) is 10.2. The molecule has 0 radical (unpaired) electrons. The van der Waals surface area contributed by atoms with Crippen molar-refractivity contribution >= 4 is 40.7 Å². The fourth-order valence-corrected chi connectivity index (χ4v) is 1.75. The minimum absolute atomic E-state index is 0.206. The van der Waals surface area contributed by atoms with Crippen LogP contribution in [0.1, 0.15) is 23.2 Å². The van der Waals surface area contributed by atoms with E-state index in [-0.39, 0.29) is 5.91 Å². The minimum atomic E-state index is -0.206. The average molecular weight is 281 g/mol. The first-order chi connectivity index (χ1) is 7.65. The summed E-state index contributed by atoms with van der Waals surface area (Å²) >= 11 is 17.2. The van der Waals surface area contributed by atoms with E-state index in [0.717, 1.165) is 12.8 Å². The third-order valence-electron chi connectivity index (χ3n) is 2.02. The molecule has 0 aliphatic carbocycles. The summed E-state index contributed by atoms with van der Waals surface area (Å²) in [7, 11) is 0.